The number of ether oxygens (including phenoxy) is 2. The predicted octanol–water partition coefficient (Wildman–Crippen LogP) is 3.45. The number of hydrogen-bond donors (Lipinski definition) is 1. The van der Waals surface area contributed by atoms with Crippen LogP contribution in [0.25, 0.3) is 0 Å². The minimum atomic E-state index is -0.390. The lowest BCUT2D eigenvalue weighted by Gasteiger charge is -2.36. The molecule has 1 saturated carbocycles. The zero-order chi connectivity index (χ0) is 25.1. The lowest BCUT2D eigenvalue weighted by atomic mass is 10.0. The molecule has 1 N–H and O–H groups in total. The lowest BCUT2D eigenvalue weighted by Crippen LogP contribution is -2.47. The Balaban J connectivity index is 1.60. The number of aromatic nitrogens is 1. The molecular weight excluding hydrogens is 448 g/mol. The minimum absolute atomic E-state index is 0.0777. The molecule has 9 heteroatoms. The molecule has 1 aliphatic carbocycles. The van der Waals surface area contributed by atoms with E-state index < -0.39 is 0 Å². The van der Waals surface area contributed by atoms with E-state index in [9.17, 15) is 9.59 Å². The summed E-state index contributed by atoms with van der Waals surface area (Å²) in [6.07, 6.45) is 2.48. The molecule has 0 unspecified atom stereocenters. The summed E-state index contributed by atoms with van der Waals surface area (Å²) in [5.41, 5.74) is 1.16. The zero-order valence-corrected chi connectivity index (χ0v) is 21.2. The molecule has 2 heterocycles. The number of nitrogens with zero attached hydrogens (tertiary/aromatic N) is 3. The van der Waals surface area contributed by atoms with Crippen molar-refractivity contribution in [3.8, 4) is 5.75 Å². The van der Waals surface area contributed by atoms with Crippen LogP contribution < -0.4 is 10.1 Å². The van der Waals surface area contributed by atoms with Gasteiger partial charge < -0.3 is 24.2 Å². The molecule has 2 aromatic rings. The number of methoxy groups -OCH3 is 1. The van der Waals surface area contributed by atoms with Gasteiger partial charge in [0.1, 0.15) is 18.1 Å². The highest BCUT2D eigenvalue weighted by Crippen LogP contribution is 2.32. The second kappa shape index (κ2) is 10.8. The summed E-state index contributed by atoms with van der Waals surface area (Å²) >= 11 is 0. The quantitative estimate of drug-likeness (QED) is 0.694. The van der Waals surface area contributed by atoms with Gasteiger partial charge in [0, 0.05) is 57.7 Å². The third kappa shape index (κ3) is 6.21. The van der Waals surface area contributed by atoms with Crippen molar-refractivity contribution < 1.29 is 23.6 Å². The average molecular weight is 485 g/mol. The van der Waals surface area contributed by atoms with Gasteiger partial charge in [-0.05, 0) is 50.7 Å². The Bertz CT molecular complexity index is 1050. The van der Waals surface area contributed by atoms with E-state index in [4.69, 9.17) is 14.0 Å². The Hall–Kier alpha value is -2.91. The predicted molar refractivity (Wildman–Crippen MR) is 132 cm³/mol. The third-order valence-corrected chi connectivity index (χ3v) is 6.88. The van der Waals surface area contributed by atoms with Crippen molar-refractivity contribution in [2.75, 3.05) is 45.7 Å². The molecule has 1 aromatic carbocycles. The van der Waals surface area contributed by atoms with Crippen LogP contribution in [0.4, 0.5) is 5.69 Å². The van der Waals surface area contributed by atoms with Crippen molar-refractivity contribution in [3.05, 3.63) is 41.3 Å². The Morgan fingerprint density at radius 1 is 1.23 bits per heavy atom. The number of hydrogen-bond acceptors (Lipinski definition) is 7. The maximum atomic E-state index is 13.3. The van der Waals surface area contributed by atoms with E-state index in [0.29, 0.717) is 35.9 Å². The number of amides is 2. The van der Waals surface area contributed by atoms with Gasteiger partial charge in [-0.25, -0.2) is 0 Å². The van der Waals surface area contributed by atoms with Crippen molar-refractivity contribution in [2.24, 2.45) is 11.8 Å². The minimum Gasteiger partial charge on any atom is -0.491 e. The summed E-state index contributed by atoms with van der Waals surface area (Å²) in [7, 11) is 3.49. The summed E-state index contributed by atoms with van der Waals surface area (Å²) in [5.74, 6) is 1.46. The molecule has 4 rings (SSSR count). The number of anilines is 1. The highest BCUT2D eigenvalue weighted by molar-refractivity contribution is 6.03. The Kier molecular flexibility index (Phi) is 7.76. The van der Waals surface area contributed by atoms with Crippen LogP contribution in [-0.4, -0.2) is 79.3 Å². The first kappa shape index (κ1) is 25.2. The second-order valence-corrected chi connectivity index (χ2v) is 9.98. The van der Waals surface area contributed by atoms with E-state index >= 15 is 0 Å². The number of likely N-dealkylation sites (N-methyl/N-ethyl adjacent to an activating group) is 1. The van der Waals surface area contributed by atoms with Crippen LogP contribution in [0.5, 0.6) is 5.75 Å². The van der Waals surface area contributed by atoms with Gasteiger partial charge in [-0.3, -0.25) is 14.5 Å². The molecule has 3 atom stereocenters. The normalized spacial score (nSPS) is 24.2. The second-order valence-electron chi connectivity index (χ2n) is 9.98. The molecular formula is C26H36N4O5. The fourth-order valence-corrected chi connectivity index (χ4v) is 4.48. The number of carbonyl (C=O) groups excluding carboxylic acids is 2. The maximum absolute atomic E-state index is 13.3. The molecule has 0 bridgehead atoms. The van der Waals surface area contributed by atoms with Crippen LogP contribution in [0.15, 0.2) is 28.8 Å². The van der Waals surface area contributed by atoms with Crippen LogP contribution in [-0.2, 0) is 4.74 Å². The smallest absolute Gasteiger partial charge is 0.277 e. The van der Waals surface area contributed by atoms with Crippen molar-refractivity contribution >= 4 is 17.5 Å². The van der Waals surface area contributed by atoms with Crippen molar-refractivity contribution in [3.63, 3.8) is 0 Å². The number of aryl methyl sites for hydroxylation is 1. The molecule has 0 saturated heterocycles. The van der Waals surface area contributed by atoms with E-state index in [2.05, 4.69) is 29.2 Å². The number of rotatable bonds is 5. The molecule has 1 aromatic heterocycles. The van der Waals surface area contributed by atoms with E-state index in [0.717, 1.165) is 19.0 Å². The summed E-state index contributed by atoms with van der Waals surface area (Å²) in [6, 6.07) is 6.82. The Morgan fingerprint density at radius 2 is 2.00 bits per heavy atom. The lowest BCUT2D eigenvalue weighted by molar-refractivity contribution is 0.00994. The summed E-state index contributed by atoms with van der Waals surface area (Å²) in [5, 5.41) is 6.58. The molecule has 9 nitrogen and oxygen atoms in total. The average Bonchev–Trinajstić information content (AvgIpc) is 3.55. The van der Waals surface area contributed by atoms with Crippen LogP contribution in [0.1, 0.15) is 53.3 Å². The standard InChI is InChI=1S/C26H36N4O5/c1-16-12-30(13-19-6-7-19)17(2)15-34-23-11-20(27-25(31)22-10-18(3)35-28-22)8-9-21(23)26(32)29(4)14-24(16)33-5/h8-11,16-17,19,24H,6-7,12-15H2,1-5H3,(H,27,31)/t16-,17-,24+/m1/s1. The highest BCUT2D eigenvalue weighted by atomic mass is 16.5. The topological polar surface area (TPSA) is 97.1 Å². The first-order valence-corrected chi connectivity index (χ1v) is 12.3. The molecule has 2 aliphatic rings. The number of fused-ring (bicyclic) bond motifs is 1. The monoisotopic (exact) mass is 484 g/mol. The summed E-state index contributed by atoms with van der Waals surface area (Å²) in [4.78, 5) is 30.1. The van der Waals surface area contributed by atoms with Crippen LogP contribution in [0.3, 0.4) is 0 Å². The zero-order valence-electron chi connectivity index (χ0n) is 21.2. The van der Waals surface area contributed by atoms with Crippen LogP contribution in [0, 0.1) is 18.8 Å². The van der Waals surface area contributed by atoms with Gasteiger partial charge in [-0.1, -0.05) is 12.1 Å². The molecule has 2 amide bonds. The molecule has 1 aliphatic heterocycles. The molecule has 0 spiro atoms. The fourth-order valence-electron chi connectivity index (χ4n) is 4.48. The van der Waals surface area contributed by atoms with Crippen LogP contribution in [0.2, 0.25) is 0 Å². The van der Waals surface area contributed by atoms with Gasteiger partial charge in [0.15, 0.2) is 5.69 Å². The van der Waals surface area contributed by atoms with Gasteiger partial charge in [0.2, 0.25) is 0 Å². The van der Waals surface area contributed by atoms with E-state index in [1.165, 1.54) is 12.8 Å². The van der Waals surface area contributed by atoms with Gasteiger partial charge in [-0.15, -0.1) is 0 Å². The van der Waals surface area contributed by atoms with Crippen molar-refractivity contribution in [1.29, 1.82) is 0 Å². The summed E-state index contributed by atoms with van der Waals surface area (Å²) < 4.78 is 17.0. The SMILES string of the molecule is CO[C@H]1CN(C)C(=O)c2ccc(NC(=O)c3cc(C)on3)cc2OC[C@@H](C)N(CC2CC2)C[C@H]1C. The first-order chi connectivity index (χ1) is 16.7. The van der Waals surface area contributed by atoms with E-state index in [1.807, 2.05) is 0 Å². The Morgan fingerprint density at radius 3 is 2.66 bits per heavy atom. The highest BCUT2D eigenvalue weighted by Gasteiger charge is 2.31. The third-order valence-electron chi connectivity index (χ3n) is 6.88. The molecule has 1 fully saturated rings. The maximum Gasteiger partial charge on any atom is 0.277 e. The summed E-state index contributed by atoms with van der Waals surface area (Å²) in [6.45, 7) is 8.90. The number of carbonyl (C=O) groups is 2. The number of benzene rings is 1. The largest absolute Gasteiger partial charge is 0.491 e. The van der Waals surface area contributed by atoms with Gasteiger partial charge in [0.05, 0.1) is 11.7 Å². The van der Waals surface area contributed by atoms with Crippen molar-refractivity contribution in [2.45, 2.75) is 45.8 Å². The number of nitrogens with one attached hydrogen (secondary N) is 1. The first-order valence-electron chi connectivity index (χ1n) is 12.3. The van der Waals surface area contributed by atoms with E-state index in [1.54, 1.807) is 50.2 Å². The Labute approximate surface area is 206 Å². The fraction of sp³-hybridized carbons (Fsp3) is 0.577. The molecule has 35 heavy (non-hydrogen) atoms. The van der Waals surface area contributed by atoms with Gasteiger partial charge in [-0.2, -0.15) is 0 Å². The molecule has 0 radical (unpaired) electrons. The van der Waals surface area contributed by atoms with Crippen molar-refractivity contribution in [1.82, 2.24) is 15.0 Å². The van der Waals surface area contributed by atoms with Crippen LogP contribution >= 0.6 is 0 Å². The van der Waals surface area contributed by atoms with Gasteiger partial charge in [0.25, 0.3) is 11.8 Å². The van der Waals surface area contributed by atoms with E-state index in [-0.39, 0.29) is 35.6 Å². The van der Waals surface area contributed by atoms with Gasteiger partial charge >= 0.3 is 0 Å². The molecule has 190 valence electrons.